The van der Waals surface area contributed by atoms with Gasteiger partial charge >= 0.3 is 0 Å². The van der Waals surface area contributed by atoms with Gasteiger partial charge in [-0.25, -0.2) is 4.98 Å². The Morgan fingerprint density at radius 3 is 2.62 bits per heavy atom. The van der Waals surface area contributed by atoms with Gasteiger partial charge in [0.2, 0.25) is 0 Å². The molecule has 6 rings (SSSR count). The van der Waals surface area contributed by atoms with E-state index >= 15 is 0 Å². The third-order valence-electron chi connectivity index (χ3n) is 6.62. The van der Waals surface area contributed by atoms with Gasteiger partial charge in [0.25, 0.3) is 5.88 Å². The van der Waals surface area contributed by atoms with E-state index in [9.17, 15) is 0 Å². The van der Waals surface area contributed by atoms with Gasteiger partial charge in [0.15, 0.2) is 5.75 Å². The Labute approximate surface area is 198 Å². The van der Waals surface area contributed by atoms with Gasteiger partial charge in [-0.15, -0.1) is 0 Å². The number of hydrogen-bond acceptors (Lipinski definition) is 9. The van der Waals surface area contributed by atoms with Crippen LogP contribution in [0.1, 0.15) is 25.7 Å². The number of rotatable bonds is 5. The molecule has 2 aliphatic heterocycles. The smallest absolute Gasteiger partial charge is 0.259 e. The van der Waals surface area contributed by atoms with E-state index in [0.29, 0.717) is 30.9 Å². The van der Waals surface area contributed by atoms with Crippen LogP contribution in [-0.4, -0.2) is 66.6 Å². The lowest BCUT2D eigenvalue weighted by Crippen LogP contribution is -2.36. The fourth-order valence-electron chi connectivity index (χ4n) is 4.85. The predicted octanol–water partition coefficient (Wildman–Crippen LogP) is 3.43. The molecule has 0 bridgehead atoms. The summed E-state index contributed by atoms with van der Waals surface area (Å²) in [5, 5.41) is 3.55. The van der Waals surface area contributed by atoms with E-state index in [1.165, 1.54) is 0 Å². The van der Waals surface area contributed by atoms with E-state index in [0.717, 1.165) is 80.3 Å². The number of anilines is 2. The topological polar surface area (TPSA) is 90.9 Å². The highest BCUT2D eigenvalue weighted by Crippen LogP contribution is 2.34. The number of hydrogen-bond donors (Lipinski definition) is 1. The van der Waals surface area contributed by atoms with Crippen molar-refractivity contribution in [1.82, 2.24) is 15.0 Å². The first-order valence-corrected chi connectivity index (χ1v) is 12.1. The molecule has 1 aromatic carbocycles. The Kier molecular flexibility index (Phi) is 5.93. The minimum absolute atomic E-state index is 0.149. The molecular weight excluding hydrogens is 434 g/mol. The summed E-state index contributed by atoms with van der Waals surface area (Å²) >= 11 is 0. The summed E-state index contributed by atoms with van der Waals surface area (Å²) in [5.74, 6) is 2.93. The van der Waals surface area contributed by atoms with Gasteiger partial charge in [-0.3, -0.25) is 4.98 Å². The first kappa shape index (κ1) is 21.2. The highest BCUT2D eigenvalue weighted by atomic mass is 16.6. The molecule has 3 aliphatic rings. The van der Waals surface area contributed by atoms with Gasteiger partial charge in [0.05, 0.1) is 24.8 Å². The molecule has 2 aromatic heterocycles. The Morgan fingerprint density at radius 2 is 1.74 bits per heavy atom. The molecule has 0 spiro atoms. The van der Waals surface area contributed by atoms with Crippen LogP contribution in [0.4, 0.5) is 11.5 Å². The van der Waals surface area contributed by atoms with Crippen LogP contribution in [0.15, 0.2) is 36.7 Å². The van der Waals surface area contributed by atoms with Gasteiger partial charge in [0.1, 0.15) is 30.3 Å². The van der Waals surface area contributed by atoms with Crippen molar-refractivity contribution in [3.8, 4) is 17.4 Å². The number of nitrogens with zero attached hydrogens (tertiary/aromatic N) is 4. The van der Waals surface area contributed by atoms with E-state index < -0.39 is 0 Å². The van der Waals surface area contributed by atoms with Crippen LogP contribution in [0.25, 0.3) is 11.0 Å². The molecule has 1 saturated heterocycles. The summed E-state index contributed by atoms with van der Waals surface area (Å²) in [6.45, 7) is 4.33. The van der Waals surface area contributed by atoms with Crippen molar-refractivity contribution in [3.05, 3.63) is 36.7 Å². The highest BCUT2D eigenvalue weighted by Gasteiger charge is 2.25. The summed E-state index contributed by atoms with van der Waals surface area (Å²) in [6, 6.07) is 8.45. The number of pyridine rings is 1. The molecule has 3 aromatic rings. The molecule has 0 amide bonds. The van der Waals surface area contributed by atoms with Crippen molar-refractivity contribution in [2.45, 2.75) is 37.8 Å². The number of nitrogens with one attached hydrogen (secondary N) is 1. The first-order valence-electron chi connectivity index (χ1n) is 12.1. The molecule has 9 heteroatoms. The molecule has 0 unspecified atom stereocenters. The van der Waals surface area contributed by atoms with Crippen LogP contribution in [0.2, 0.25) is 0 Å². The number of aromatic nitrogens is 3. The average Bonchev–Trinajstić information content (AvgIpc) is 2.90. The number of morpholine rings is 1. The van der Waals surface area contributed by atoms with Crippen molar-refractivity contribution in [2.24, 2.45) is 0 Å². The zero-order valence-corrected chi connectivity index (χ0v) is 19.1. The fourth-order valence-corrected chi connectivity index (χ4v) is 4.85. The Hall–Kier alpha value is -3.33. The second-order valence-corrected chi connectivity index (χ2v) is 8.90. The quantitative estimate of drug-likeness (QED) is 0.611. The minimum Gasteiger partial charge on any atom is -0.488 e. The SMILES string of the molecule is c1cnc2c(OC3CCC(Nc4ccc5c(n4)OCCO5)CC3)cc(N3CCOCC3)cc2n1. The molecule has 9 nitrogen and oxygen atoms in total. The summed E-state index contributed by atoms with van der Waals surface area (Å²) < 4.78 is 23.2. The third-order valence-corrected chi connectivity index (χ3v) is 6.62. The fraction of sp³-hybridized carbons (Fsp3) is 0.480. The van der Waals surface area contributed by atoms with Crippen LogP contribution in [0, 0.1) is 0 Å². The Balaban J connectivity index is 1.12. The number of ether oxygens (including phenoxy) is 4. The van der Waals surface area contributed by atoms with Gasteiger partial charge in [-0.2, -0.15) is 4.98 Å². The lowest BCUT2D eigenvalue weighted by molar-refractivity contribution is 0.122. The lowest BCUT2D eigenvalue weighted by Gasteiger charge is -2.31. The van der Waals surface area contributed by atoms with Gasteiger partial charge in [-0.1, -0.05) is 0 Å². The van der Waals surface area contributed by atoms with Crippen molar-refractivity contribution >= 4 is 22.5 Å². The normalized spacial score (nSPS) is 22.4. The molecule has 1 aliphatic carbocycles. The van der Waals surface area contributed by atoms with Crippen LogP contribution in [0.5, 0.6) is 17.4 Å². The maximum atomic E-state index is 6.53. The largest absolute Gasteiger partial charge is 0.488 e. The van der Waals surface area contributed by atoms with Crippen LogP contribution in [0.3, 0.4) is 0 Å². The highest BCUT2D eigenvalue weighted by molar-refractivity contribution is 5.85. The van der Waals surface area contributed by atoms with E-state index in [4.69, 9.17) is 18.9 Å². The van der Waals surface area contributed by atoms with Gasteiger partial charge < -0.3 is 29.2 Å². The van der Waals surface area contributed by atoms with Crippen LogP contribution < -0.4 is 24.4 Å². The molecule has 0 radical (unpaired) electrons. The summed E-state index contributed by atoms with van der Waals surface area (Å²) in [4.78, 5) is 16.0. The summed E-state index contributed by atoms with van der Waals surface area (Å²) in [7, 11) is 0. The lowest BCUT2D eigenvalue weighted by atomic mass is 9.93. The Bertz CT molecular complexity index is 1150. The molecule has 2 fully saturated rings. The molecule has 1 saturated carbocycles. The van der Waals surface area contributed by atoms with Crippen molar-refractivity contribution in [2.75, 3.05) is 49.7 Å². The predicted molar refractivity (Wildman–Crippen MR) is 128 cm³/mol. The van der Waals surface area contributed by atoms with Crippen molar-refractivity contribution < 1.29 is 18.9 Å². The molecule has 1 N–H and O–H groups in total. The zero-order chi connectivity index (χ0) is 22.7. The maximum absolute atomic E-state index is 6.53. The van der Waals surface area contributed by atoms with Gasteiger partial charge in [0, 0.05) is 43.3 Å². The Morgan fingerprint density at radius 1 is 0.912 bits per heavy atom. The molecular formula is C25H29N5O4. The van der Waals surface area contributed by atoms with Gasteiger partial charge in [-0.05, 0) is 43.9 Å². The average molecular weight is 464 g/mol. The van der Waals surface area contributed by atoms with Crippen molar-refractivity contribution in [1.29, 1.82) is 0 Å². The zero-order valence-electron chi connectivity index (χ0n) is 19.1. The van der Waals surface area contributed by atoms with Crippen LogP contribution >= 0.6 is 0 Å². The van der Waals surface area contributed by atoms with E-state index in [-0.39, 0.29) is 6.10 Å². The van der Waals surface area contributed by atoms with Crippen molar-refractivity contribution in [3.63, 3.8) is 0 Å². The molecule has 0 atom stereocenters. The monoisotopic (exact) mass is 463 g/mol. The maximum Gasteiger partial charge on any atom is 0.259 e. The molecule has 4 heterocycles. The number of benzene rings is 1. The van der Waals surface area contributed by atoms with E-state index in [1.807, 2.05) is 12.1 Å². The molecule has 178 valence electrons. The second kappa shape index (κ2) is 9.50. The second-order valence-electron chi connectivity index (χ2n) is 8.90. The summed E-state index contributed by atoms with van der Waals surface area (Å²) in [5.41, 5.74) is 2.80. The van der Waals surface area contributed by atoms with E-state index in [2.05, 4.69) is 37.3 Å². The third kappa shape index (κ3) is 4.52. The molecule has 34 heavy (non-hydrogen) atoms. The first-order chi connectivity index (χ1) is 16.8. The standard InChI is InChI=1S/C25H29N5O4/c1-3-19(4-2-17(1)28-23-6-5-21-25(29-23)33-14-13-32-21)34-22-16-18(30-9-11-31-12-10-30)15-20-24(22)27-8-7-26-20/h5-8,15-17,19H,1-4,9-14H2,(H,28,29). The summed E-state index contributed by atoms with van der Waals surface area (Å²) in [6.07, 6.45) is 7.55. The number of fused-ring (bicyclic) bond motifs is 2. The minimum atomic E-state index is 0.149. The van der Waals surface area contributed by atoms with E-state index in [1.54, 1.807) is 12.4 Å². The van der Waals surface area contributed by atoms with Crippen LogP contribution in [-0.2, 0) is 4.74 Å².